The van der Waals surface area contributed by atoms with Crippen LogP contribution in [0, 0.1) is 5.82 Å². The fourth-order valence-electron chi connectivity index (χ4n) is 1.80. The van der Waals surface area contributed by atoms with Crippen LogP contribution in [0.2, 0.25) is 0 Å². The van der Waals surface area contributed by atoms with E-state index in [1.54, 1.807) is 37.5 Å². The number of nitrogens with one attached hydrogen (secondary N) is 1. The van der Waals surface area contributed by atoms with Gasteiger partial charge in [0, 0.05) is 19.3 Å². The molecule has 0 saturated heterocycles. The number of hydrogen-bond donors (Lipinski definition) is 1. The molecule has 1 N–H and O–H groups in total. The van der Waals surface area contributed by atoms with Crippen molar-refractivity contribution in [3.63, 3.8) is 0 Å². The van der Waals surface area contributed by atoms with Crippen LogP contribution in [-0.2, 0) is 0 Å². The zero-order valence-corrected chi connectivity index (χ0v) is 11.4. The number of anilines is 2. The molecule has 1 aromatic carbocycles. The van der Waals surface area contributed by atoms with Gasteiger partial charge in [-0.2, -0.15) is 0 Å². The van der Waals surface area contributed by atoms with Crippen LogP contribution in [0.5, 0.6) is 0 Å². The molecule has 2 rings (SSSR count). The van der Waals surface area contributed by atoms with E-state index in [4.69, 9.17) is 0 Å². The maximum atomic E-state index is 13.2. The maximum absolute atomic E-state index is 13.2. The summed E-state index contributed by atoms with van der Waals surface area (Å²) in [5.41, 5.74) is 1.67. The predicted molar refractivity (Wildman–Crippen MR) is 77.5 cm³/mol. The normalized spacial score (nSPS) is 10.2. The molecule has 1 aromatic heterocycles. The Kier molecular flexibility index (Phi) is 4.30. The number of hydrogen-bond acceptors (Lipinski definition) is 3. The van der Waals surface area contributed by atoms with Crippen molar-refractivity contribution in [1.29, 1.82) is 0 Å². The second-order valence-electron chi connectivity index (χ2n) is 4.31. The molecular weight excluding hydrogens is 257 g/mol. The van der Waals surface area contributed by atoms with Gasteiger partial charge in [-0.1, -0.05) is 6.07 Å². The summed E-state index contributed by atoms with van der Waals surface area (Å²) in [4.78, 5) is 17.7. The number of carbonyl (C=O) groups excluding carboxylic acids is 1. The Morgan fingerprint density at radius 2 is 2.15 bits per heavy atom. The number of halogens is 1. The average molecular weight is 273 g/mol. The summed E-state index contributed by atoms with van der Waals surface area (Å²) in [6.45, 7) is 2.77. The van der Waals surface area contributed by atoms with Crippen molar-refractivity contribution < 1.29 is 9.18 Å². The van der Waals surface area contributed by atoms with Gasteiger partial charge in [0.2, 0.25) is 0 Å². The highest BCUT2D eigenvalue weighted by Crippen LogP contribution is 2.16. The van der Waals surface area contributed by atoms with Crippen LogP contribution in [0.4, 0.5) is 15.8 Å². The van der Waals surface area contributed by atoms with Crippen molar-refractivity contribution >= 4 is 17.3 Å². The molecule has 4 nitrogen and oxygen atoms in total. The molecule has 20 heavy (non-hydrogen) atoms. The highest BCUT2D eigenvalue weighted by atomic mass is 19.1. The molecule has 0 aliphatic heterocycles. The third-order valence-corrected chi connectivity index (χ3v) is 2.86. The lowest BCUT2D eigenvalue weighted by molar-refractivity contribution is 0.0988. The minimum absolute atomic E-state index is 0.279. The zero-order valence-electron chi connectivity index (χ0n) is 11.4. The molecule has 0 unspecified atom stereocenters. The van der Waals surface area contributed by atoms with Crippen LogP contribution in [0.15, 0.2) is 42.6 Å². The van der Waals surface area contributed by atoms with Crippen molar-refractivity contribution in [2.75, 3.05) is 23.8 Å². The lowest BCUT2D eigenvalue weighted by Gasteiger charge is -2.17. The quantitative estimate of drug-likeness (QED) is 0.931. The zero-order chi connectivity index (χ0) is 14.5. The maximum Gasteiger partial charge on any atom is 0.276 e. The third-order valence-electron chi connectivity index (χ3n) is 2.86. The monoisotopic (exact) mass is 273 g/mol. The van der Waals surface area contributed by atoms with E-state index in [0.717, 1.165) is 12.2 Å². The summed E-state index contributed by atoms with van der Waals surface area (Å²) in [6.07, 6.45) is 1.61. The number of carbonyl (C=O) groups is 1. The summed E-state index contributed by atoms with van der Waals surface area (Å²) in [5, 5.41) is 3.11. The van der Waals surface area contributed by atoms with Gasteiger partial charge in [0.05, 0.1) is 11.9 Å². The van der Waals surface area contributed by atoms with Gasteiger partial charge in [-0.15, -0.1) is 0 Å². The fourth-order valence-corrected chi connectivity index (χ4v) is 1.80. The summed E-state index contributed by atoms with van der Waals surface area (Å²) in [6, 6.07) is 9.33. The SMILES string of the molecule is CCNc1ccc(C(=O)N(C)c2cccc(F)c2)nc1. The van der Waals surface area contributed by atoms with Gasteiger partial charge in [-0.3, -0.25) is 4.79 Å². The first-order chi connectivity index (χ1) is 9.61. The molecule has 0 saturated carbocycles. The van der Waals surface area contributed by atoms with Gasteiger partial charge in [0.1, 0.15) is 11.5 Å². The standard InChI is InChI=1S/C15H16FN3O/c1-3-17-12-7-8-14(18-10-12)15(20)19(2)13-6-4-5-11(16)9-13/h4-10,17H,3H2,1-2H3. The highest BCUT2D eigenvalue weighted by Gasteiger charge is 2.15. The van der Waals surface area contributed by atoms with Crippen LogP contribution in [0.3, 0.4) is 0 Å². The van der Waals surface area contributed by atoms with Gasteiger partial charge >= 0.3 is 0 Å². The van der Waals surface area contributed by atoms with E-state index in [9.17, 15) is 9.18 Å². The molecule has 104 valence electrons. The number of pyridine rings is 1. The van der Waals surface area contributed by atoms with E-state index < -0.39 is 0 Å². The topological polar surface area (TPSA) is 45.2 Å². The lowest BCUT2D eigenvalue weighted by atomic mass is 10.2. The minimum atomic E-state index is -0.377. The Bertz CT molecular complexity index is 598. The van der Waals surface area contributed by atoms with Gasteiger partial charge in [0.25, 0.3) is 5.91 Å². The second kappa shape index (κ2) is 6.14. The molecule has 1 heterocycles. The largest absolute Gasteiger partial charge is 0.384 e. The first kappa shape index (κ1) is 14.0. The van der Waals surface area contributed by atoms with E-state index in [1.165, 1.54) is 17.0 Å². The molecular formula is C15H16FN3O. The molecule has 0 fully saturated rings. The van der Waals surface area contributed by atoms with Gasteiger partial charge < -0.3 is 10.2 Å². The number of amides is 1. The number of benzene rings is 1. The van der Waals surface area contributed by atoms with Crippen molar-refractivity contribution in [1.82, 2.24) is 4.98 Å². The summed E-state index contributed by atoms with van der Waals surface area (Å²) >= 11 is 0. The molecule has 0 bridgehead atoms. The second-order valence-corrected chi connectivity index (χ2v) is 4.31. The molecule has 0 atom stereocenters. The average Bonchev–Trinajstić information content (AvgIpc) is 2.47. The Hall–Kier alpha value is -2.43. The number of aromatic nitrogens is 1. The first-order valence-electron chi connectivity index (χ1n) is 6.35. The molecule has 0 radical (unpaired) electrons. The fraction of sp³-hybridized carbons (Fsp3) is 0.200. The van der Waals surface area contributed by atoms with E-state index in [2.05, 4.69) is 10.3 Å². The van der Waals surface area contributed by atoms with E-state index in [-0.39, 0.29) is 11.7 Å². The van der Waals surface area contributed by atoms with Crippen LogP contribution >= 0.6 is 0 Å². The molecule has 5 heteroatoms. The molecule has 2 aromatic rings. The van der Waals surface area contributed by atoms with Crippen molar-refractivity contribution in [3.8, 4) is 0 Å². The Balaban J connectivity index is 2.18. The lowest BCUT2D eigenvalue weighted by Crippen LogP contribution is -2.27. The van der Waals surface area contributed by atoms with Gasteiger partial charge in [-0.05, 0) is 37.3 Å². The van der Waals surface area contributed by atoms with E-state index in [0.29, 0.717) is 11.4 Å². The molecule has 0 spiro atoms. The highest BCUT2D eigenvalue weighted by molar-refractivity contribution is 6.04. The predicted octanol–water partition coefficient (Wildman–Crippen LogP) is 2.93. The smallest absolute Gasteiger partial charge is 0.276 e. The summed E-state index contributed by atoms with van der Waals surface area (Å²) in [5.74, 6) is -0.656. The third kappa shape index (κ3) is 3.12. The summed E-state index contributed by atoms with van der Waals surface area (Å²) < 4.78 is 13.2. The van der Waals surface area contributed by atoms with Crippen molar-refractivity contribution in [2.45, 2.75) is 6.92 Å². The van der Waals surface area contributed by atoms with Crippen LogP contribution in [0.1, 0.15) is 17.4 Å². The van der Waals surface area contributed by atoms with E-state index >= 15 is 0 Å². The van der Waals surface area contributed by atoms with E-state index in [1.807, 2.05) is 6.92 Å². The molecule has 0 aliphatic rings. The van der Waals surface area contributed by atoms with Gasteiger partial charge in [0.15, 0.2) is 0 Å². The number of rotatable bonds is 4. The first-order valence-corrected chi connectivity index (χ1v) is 6.35. The summed E-state index contributed by atoms with van der Waals surface area (Å²) in [7, 11) is 1.59. The van der Waals surface area contributed by atoms with Crippen molar-refractivity contribution in [2.24, 2.45) is 0 Å². The Morgan fingerprint density at radius 3 is 2.75 bits per heavy atom. The number of nitrogens with zero attached hydrogens (tertiary/aromatic N) is 2. The molecule has 0 aliphatic carbocycles. The minimum Gasteiger partial charge on any atom is -0.384 e. The molecule has 1 amide bonds. The Morgan fingerprint density at radius 1 is 1.35 bits per heavy atom. The van der Waals surface area contributed by atoms with Crippen LogP contribution in [0.25, 0.3) is 0 Å². The van der Waals surface area contributed by atoms with Crippen LogP contribution < -0.4 is 10.2 Å². The van der Waals surface area contributed by atoms with Crippen LogP contribution in [-0.4, -0.2) is 24.5 Å². The van der Waals surface area contributed by atoms with Crippen molar-refractivity contribution in [3.05, 3.63) is 54.1 Å². The van der Waals surface area contributed by atoms with Gasteiger partial charge in [-0.25, -0.2) is 9.37 Å². The Labute approximate surface area is 117 Å².